The van der Waals surface area contributed by atoms with E-state index in [1.807, 2.05) is 0 Å². The second kappa shape index (κ2) is 8.50. The summed E-state index contributed by atoms with van der Waals surface area (Å²) < 4.78 is 32.1. The van der Waals surface area contributed by atoms with Gasteiger partial charge in [0.1, 0.15) is 0 Å². The van der Waals surface area contributed by atoms with E-state index in [0.717, 1.165) is 17.7 Å². The van der Waals surface area contributed by atoms with Gasteiger partial charge in [-0.3, -0.25) is 9.69 Å². The average molecular weight is 423 g/mol. The number of amides is 3. The number of nitrogens with zero attached hydrogens (tertiary/aromatic N) is 2. The van der Waals surface area contributed by atoms with Crippen molar-refractivity contribution in [3.63, 3.8) is 0 Å². The van der Waals surface area contributed by atoms with Gasteiger partial charge in [-0.2, -0.15) is 4.31 Å². The molecule has 0 radical (unpaired) electrons. The number of ether oxygens (including phenoxy) is 1. The number of sulfonamides is 1. The number of piperidine rings is 1. The van der Waals surface area contributed by atoms with Crippen molar-refractivity contribution >= 4 is 27.9 Å². The van der Waals surface area contributed by atoms with Gasteiger partial charge in [-0.25, -0.2) is 18.0 Å². The monoisotopic (exact) mass is 423 g/mol. The van der Waals surface area contributed by atoms with Crippen molar-refractivity contribution in [3.05, 3.63) is 29.8 Å². The summed E-state index contributed by atoms with van der Waals surface area (Å²) in [6.07, 6.45) is 0.514. The van der Waals surface area contributed by atoms with Gasteiger partial charge >= 0.3 is 12.0 Å². The minimum absolute atomic E-state index is 0.112. The van der Waals surface area contributed by atoms with Crippen LogP contribution in [-0.2, 0) is 19.6 Å². The predicted octanol–water partition coefficient (Wildman–Crippen LogP) is 1.20. The Labute approximate surface area is 170 Å². The SMILES string of the molecule is CC1CCN(S(=O)(=O)c2ccc(C(=O)O[C@@H](C)C(=O)N3CCNC3=O)cc2)CC1. The van der Waals surface area contributed by atoms with Crippen LogP contribution in [-0.4, -0.2) is 67.8 Å². The molecule has 1 aromatic rings. The maximum Gasteiger partial charge on any atom is 0.338 e. The second-order valence-corrected chi connectivity index (χ2v) is 9.32. The summed E-state index contributed by atoms with van der Waals surface area (Å²) in [6, 6.07) is 4.94. The highest BCUT2D eigenvalue weighted by atomic mass is 32.2. The van der Waals surface area contributed by atoms with Crippen LogP contribution in [0.15, 0.2) is 29.2 Å². The van der Waals surface area contributed by atoms with Gasteiger partial charge in [-0.1, -0.05) is 6.92 Å². The Balaban J connectivity index is 1.64. The lowest BCUT2D eigenvalue weighted by Gasteiger charge is -2.29. The molecule has 3 rings (SSSR count). The molecule has 0 spiro atoms. The topological polar surface area (TPSA) is 113 Å². The first-order valence-corrected chi connectivity index (χ1v) is 11.0. The minimum Gasteiger partial charge on any atom is -0.449 e. The normalized spacial score (nSPS) is 19.7. The third-order valence-electron chi connectivity index (χ3n) is 5.22. The van der Waals surface area contributed by atoms with Crippen LogP contribution in [0, 0.1) is 5.92 Å². The quantitative estimate of drug-likeness (QED) is 0.712. The number of nitrogens with one attached hydrogen (secondary N) is 1. The molecule has 0 bridgehead atoms. The van der Waals surface area contributed by atoms with Crippen molar-refractivity contribution in [1.82, 2.24) is 14.5 Å². The lowest BCUT2D eigenvalue weighted by Crippen LogP contribution is -2.41. The minimum atomic E-state index is -3.61. The molecular formula is C19H25N3O6S. The summed E-state index contributed by atoms with van der Waals surface area (Å²) in [4.78, 5) is 37.2. The lowest BCUT2D eigenvalue weighted by atomic mass is 10.0. The Morgan fingerprint density at radius 1 is 1.14 bits per heavy atom. The fourth-order valence-corrected chi connectivity index (χ4v) is 4.79. The van der Waals surface area contributed by atoms with Gasteiger partial charge in [0.2, 0.25) is 10.0 Å². The van der Waals surface area contributed by atoms with Gasteiger partial charge in [0.15, 0.2) is 6.10 Å². The molecule has 0 aliphatic carbocycles. The maximum absolute atomic E-state index is 12.7. The third kappa shape index (κ3) is 4.59. The summed E-state index contributed by atoms with van der Waals surface area (Å²) in [5.74, 6) is -0.858. The van der Waals surface area contributed by atoms with Crippen LogP contribution in [0.4, 0.5) is 4.79 Å². The van der Waals surface area contributed by atoms with Crippen molar-refractivity contribution < 1.29 is 27.5 Å². The number of hydrogen-bond donors (Lipinski definition) is 1. The molecule has 2 saturated heterocycles. The van der Waals surface area contributed by atoms with Crippen LogP contribution >= 0.6 is 0 Å². The van der Waals surface area contributed by atoms with Gasteiger partial charge in [0.05, 0.1) is 10.5 Å². The van der Waals surface area contributed by atoms with E-state index in [0.29, 0.717) is 25.6 Å². The van der Waals surface area contributed by atoms with Crippen LogP contribution in [0.5, 0.6) is 0 Å². The molecule has 1 N–H and O–H groups in total. The highest BCUT2D eigenvalue weighted by Crippen LogP contribution is 2.23. The van der Waals surface area contributed by atoms with Gasteiger partial charge < -0.3 is 10.1 Å². The number of benzene rings is 1. The maximum atomic E-state index is 12.7. The summed E-state index contributed by atoms with van der Waals surface area (Å²) >= 11 is 0. The molecule has 158 valence electrons. The molecule has 9 nitrogen and oxygen atoms in total. The Kier molecular flexibility index (Phi) is 6.23. The molecule has 0 aromatic heterocycles. The summed E-state index contributed by atoms with van der Waals surface area (Å²) in [7, 11) is -3.61. The molecule has 1 aromatic carbocycles. The first-order valence-electron chi connectivity index (χ1n) is 9.60. The molecule has 10 heteroatoms. The Bertz CT molecular complexity index is 891. The van der Waals surface area contributed by atoms with E-state index in [1.54, 1.807) is 0 Å². The fourth-order valence-electron chi connectivity index (χ4n) is 3.32. The van der Waals surface area contributed by atoms with E-state index in [1.165, 1.54) is 35.5 Å². The molecule has 2 aliphatic rings. The van der Waals surface area contributed by atoms with Crippen molar-refractivity contribution in [1.29, 1.82) is 0 Å². The predicted molar refractivity (Wildman–Crippen MR) is 104 cm³/mol. The number of urea groups is 1. The van der Waals surface area contributed by atoms with Gasteiger partial charge in [-0.15, -0.1) is 0 Å². The summed E-state index contributed by atoms with van der Waals surface area (Å²) in [5.41, 5.74) is 0.127. The van der Waals surface area contributed by atoms with Crippen molar-refractivity contribution in [2.24, 2.45) is 5.92 Å². The van der Waals surface area contributed by atoms with Crippen LogP contribution in [0.1, 0.15) is 37.0 Å². The van der Waals surface area contributed by atoms with Crippen molar-refractivity contribution in [2.75, 3.05) is 26.2 Å². The highest BCUT2D eigenvalue weighted by molar-refractivity contribution is 7.89. The van der Waals surface area contributed by atoms with Crippen molar-refractivity contribution in [2.45, 2.75) is 37.7 Å². The van der Waals surface area contributed by atoms with Crippen LogP contribution in [0.3, 0.4) is 0 Å². The first-order chi connectivity index (χ1) is 13.7. The molecule has 0 unspecified atom stereocenters. The zero-order chi connectivity index (χ0) is 21.2. The van der Waals surface area contributed by atoms with Crippen LogP contribution < -0.4 is 5.32 Å². The Morgan fingerprint density at radius 2 is 1.76 bits per heavy atom. The number of hydrogen-bond acceptors (Lipinski definition) is 6. The number of carbonyl (C=O) groups excluding carboxylic acids is 3. The standard InChI is InChI=1S/C19H25N3O6S/c1-13-7-10-21(11-8-13)29(26,27)16-5-3-15(4-6-16)18(24)28-14(2)17(23)22-12-9-20-19(22)25/h3-6,13-14H,7-12H2,1-2H3,(H,20,25)/t14-/m0/s1. The van der Waals surface area contributed by atoms with Gasteiger partial charge in [-0.05, 0) is 49.9 Å². The van der Waals surface area contributed by atoms with E-state index in [9.17, 15) is 22.8 Å². The first kappa shape index (κ1) is 21.3. The highest BCUT2D eigenvalue weighted by Gasteiger charge is 2.32. The lowest BCUT2D eigenvalue weighted by molar-refractivity contribution is -0.136. The fraction of sp³-hybridized carbons (Fsp3) is 0.526. The van der Waals surface area contributed by atoms with Gasteiger partial charge in [0.25, 0.3) is 5.91 Å². The van der Waals surface area contributed by atoms with Crippen molar-refractivity contribution in [3.8, 4) is 0 Å². The number of imide groups is 1. The molecule has 2 heterocycles. The number of rotatable bonds is 5. The molecule has 0 saturated carbocycles. The van der Waals surface area contributed by atoms with Crippen LogP contribution in [0.2, 0.25) is 0 Å². The zero-order valence-corrected chi connectivity index (χ0v) is 17.3. The number of esters is 1. The third-order valence-corrected chi connectivity index (χ3v) is 7.14. The van der Waals surface area contributed by atoms with E-state index in [4.69, 9.17) is 4.74 Å². The average Bonchev–Trinajstić information content (AvgIpc) is 3.13. The molecule has 29 heavy (non-hydrogen) atoms. The molecule has 1 atom stereocenters. The molecular weight excluding hydrogens is 398 g/mol. The van der Waals surface area contributed by atoms with Gasteiger partial charge in [0, 0.05) is 26.2 Å². The van der Waals surface area contributed by atoms with E-state index in [-0.39, 0.29) is 17.0 Å². The largest absolute Gasteiger partial charge is 0.449 e. The second-order valence-electron chi connectivity index (χ2n) is 7.38. The molecule has 2 aliphatic heterocycles. The summed E-state index contributed by atoms with van der Waals surface area (Å²) in [5, 5.41) is 2.50. The van der Waals surface area contributed by atoms with E-state index < -0.39 is 34.0 Å². The Hall–Kier alpha value is -2.46. The molecule has 3 amide bonds. The summed E-state index contributed by atoms with van der Waals surface area (Å²) in [6.45, 7) is 5.04. The number of carbonyl (C=O) groups is 3. The smallest absolute Gasteiger partial charge is 0.338 e. The van der Waals surface area contributed by atoms with E-state index >= 15 is 0 Å². The van der Waals surface area contributed by atoms with Crippen LogP contribution in [0.25, 0.3) is 0 Å². The zero-order valence-electron chi connectivity index (χ0n) is 16.5. The molecule has 2 fully saturated rings. The Morgan fingerprint density at radius 3 is 2.31 bits per heavy atom. The van der Waals surface area contributed by atoms with E-state index in [2.05, 4.69) is 12.2 Å².